The molecule has 1 heterocycles. The minimum absolute atomic E-state index is 0.0667. The first kappa shape index (κ1) is 15.0. The summed E-state index contributed by atoms with van der Waals surface area (Å²) in [6.45, 7) is 2.79. The van der Waals surface area contributed by atoms with Crippen LogP contribution in [-0.4, -0.2) is 22.5 Å². The highest BCUT2D eigenvalue weighted by molar-refractivity contribution is 9.10. The lowest BCUT2D eigenvalue weighted by Crippen LogP contribution is -2.26. The molecule has 0 fully saturated rings. The fourth-order valence-corrected chi connectivity index (χ4v) is 3.05. The number of carbonyl (C=O) groups is 1. The molecule has 0 saturated heterocycles. The molecule has 1 aliphatic heterocycles. The van der Waals surface area contributed by atoms with Gasteiger partial charge in [0.1, 0.15) is 11.6 Å². The molecular weight excluding hydrogens is 349 g/mol. The number of amides is 1. The summed E-state index contributed by atoms with van der Waals surface area (Å²) < 4.78 is 13.5. The van der Waals surface area contributed by atoms with Gasteiger partial charge in [-0.1, -0.05) is 12.1 Å². The Morgan fingerprint density at radius 2 is 2.00 bits per heavy atom. The second-order valence-corrected chi connectivity index (χ2v) is 6.28. The van der Waals surface area contributed by atoms with Crippen LogP contribution in [0.1, 0.15) is 27.0 Å². The van der Waals surface area contributed by atoms with E-state index in [1.807, 2.05) is 6.92 Å². The van der Waals surface area contributed by atoms with E-state index in [1.54, 1.807) is 23.1 Å². The number of phenolic OH excluding ortho intramolecular Hbond substituents is 1. The van der Waals surface area contributed by atoms with Crippen LogP contribution in [0.4, 0.5) is 4.39 Å². The topological polar surface area (TPSA) is 40.5 Å². The van der Waals surface area contributed by atoms with Crippen LogP contribution in [0.5, 0.6) is 5.75 Å². The molecule has 1 aliphatic rings. The van der Waals surface area contributed by atoms with Gasteiger partial charge in [0, 0.05) is 17.7 Å². The Labute approximate surface area is 136 Å². The fraction of sp³-hybridized carbons (Fsp3) is 0.235. The number of aromatic hydroxyl groups is 1. The third-order valence-corrected chi connectivity index (χ3v) is 4.98. The number of benzene rings is 2. The quantitative estimate of drug-likeness (QED) is 0.900. The van der Waals surface area contributed by atoms with Crippen LogP contribution in [0.3, 0.4) is 0 Å². The van der Waals surface area contributed by atoms with Gasteiger partial charge in [0.25, 0.3) is 5.91 Å². The summed E-state index contributed by atoms with van der Waals surface area (Å²) in [6.07, 6.45) is 0.654. The summed E-state index contributed by atoms with van der Waals surface area (Å²) in [7, 11) is 0. The molecule has 1 amide bonds. The second kappa shape index (κ2) is 5.72. The first-order valence-electron chi connectivity index (χ1n) is 7.02. The Morgan fingerprint density at radius 3 is 2.68 bits per heavy atom. The van der Waals surface area contributed by atoms with Crippen molar-refractivity contribution < 1.29 is 14.3 Å². The van der Waals surface area contributed by atoms with E-state index in [0.717, 1.165) is 11.1 Å². The van der Waals surface area contributed by atoms with Gasteiger partial charge >= 0.3 is 0 Å². The average Bonchev–Trinajstić information content (AvgIpc) is 2.81. The zero-order chi connectivity index (χ0) is 15.9. The summed E-state index contributed by atoms with van der Waals surface area (Å²) in [6, 6.07) is 8.09. The van der Waals surface area contributed by atoms with Crippen molar-refractivity contribution in [2.45, 2.75) is 19.9 Å². The minimum atomic E-state index is -0.265. The first-order valence-corrected chi connectivity index (χ1v) is 7.81. The molecule has 2 aromatic carbocycles. The van der Waals surface area contributed by atoms with Crippen molar-refractivity contribution in [3.05, 3.63) is 62.9 Å². The normalized spacial score (nSPS) is 13.6. The van der Waals surface area contributed by atoms with E-state index >= 15 is 0 Å². The standard InChI is InChI=1S/C17H15BrFNO2/c1-10-8-13-14(16(21)15(10)18)9-20(17(13)22)7-6-11-2-4-12(19)5-3-11/h2-5,8,21H,6-7,9H2,1H3. The lowest BCUT2D eigenvalue weighted by atomic mass is 10.1. The zero-order valence-electron chi connectivity index (χ0n) is 12.1. The highest BCUT2D eigenvalue weighted by atomic mass is 79.9. The van der Waals surface area contributed by atoms with Crippen molar-refractivity contribution in [1.29, 1.82) is 0 Å². The molecule has 0 bridgehead atoms. The predicted octanol–water partition coefficient (Wildman–Crippen LogP) is 3.80. The maximum absolute atomic E-state index is 12.9. The number of aryl methyl sites for hydroxylation is 1. The van der Waals surface area contributed by atoms with Crippen LogP contribution in [0.25, 0.3) is 0 Å². The van der Waals surface area contributed by atoms with E-state index < -0.39 is 0 Å². The number of hydrogen-bond acceptors (Lipinski definition) is 2. The van der Waals surface area contributed by atoms with E-state index in [2.05, 4.69) is 15.9 Å². The number of nitrogens with zero attached hydrogens (tertiary/aromatic N) is 1. The van der Waals surface area contributed by atoms with Gasteiger partial charge in [0.2, 0.25) is 0 Å². The maximum atomic E-state index is 12.9. The van der Waals surface area contributed by atoms with Gasteiger partial charge in [-0.2, -0.15) is 0 Å². The molecule has 0 atom stereocenters. The number of halogens is 2. The summed E-state index contributed by atoms with van der Waals surface area (Å²) in [5, 5.41) is 10.2. The average molecular weight is 364 g/mol. The lowest BCUT2D eigenvalue weighted by Gasteiger charge is -2.15. The molecule has 0 aliphatic carbocycles. The van der Waals surface area contributed by atoms with E-state index in [1.165, 1.54) is 12.1 Å². The number of carbonyl (C=O) groups excluding carboxylic acids is 1. The van der Waals surface area contributed by atoms with Gasteiger partial charge in [-0.15, -0.1) is 0 Å². The Bertz CT molecular complexity index is 743. The molecule has 114 valence electrons. The van der Waals surface area contributed by atoms with E-state index in [0.29, 0.717) is 35.1 Å². The summed E-state index contributed by atoms with van der Waals surface area (Å²) in [4.78, 5) is 14.1. The largest absolute Gasteiger partial charge is 0.506 e. The minimum Gasteiger partial charge on any atom is -0.506 e. The van der Waals surface area contributed by atoms with Crippen LogP contribution >= 0.6 is 15.9 Å². The molecule has 1 N–H and O–H groups in total. The van der Waals surface area contributed by atoms with Crippen LogP contribution in [0.15, 0.2) is 34.8 Å². The Morgan fingerprint density at radius 1 is 1.32 bits per heavy atom. The zero-order valence-corrected chi connectivity index (χ0v) is 13.7. The van der Waals surface area contributed by atoms with Crippen molar-refractivity contribution in [3.8, 4) is 5.75 Å². The van der Waals surface area contributed by atoms with Gasteiger partial charge in [-0.05, 0) is 58.6 Å². The van der Waals surface area contributed by atoms with Gasteiger partial charge in [0.15, 0.2) is 0 Å². The third-order valence-electron chi connectivity index (χ3n) is 3.98. The molecule has 5 heteroatoms. The summed E-state index contributed by atoms with van der Waals surface area (Å²) >= 11 is 3.34. The molecule has 0 unspecified atom stereocenters. The monoisotopic (exact) mass is 363 g/mol. The highest BCUT2D eigenvalue weighted by Gasteiger charge is 2.31. The van der Waals surface area contributed by atoms with E-state index in [4.69, 9.17) is 0 Å². The first-order chi connectivity index (χ1) is 10.5. The van der Waals surface area contributed by atoms with Crippen LogP contribution in [-0.2, 0) is 13.0 Å². The van der Waals surface area contributed by atoms with Crippen LogP contribution in [0.2, 0.25) is 0 Å². The van der Waals surface area contributed by atoms with Gasteiger partial charge in [-0.25, -0.2) is 4.39 Å². The van der Waals surface area contributed by atoms with Gasteiger partial charge in [0.05, 0.1) is 11.0 Å². The SMILES string of the molecule is Cc1cc2c(c(O)c1Br)CN(CCc1ccc(F)cc1)C2=O. The number of phenols is 1. The summed E-state index contributed by atoms with van der Waals surface area (Å²) in [5.41, 5.74) is 3.05. The maximum Gasteiger partial charge on any atom is 0.254 e. The van der Waals surface area contributed by atoms with Crippen LogP contribution in [0, 0.1) is 12.7 Å². The van der Waals surface area contributed by atoms with E-state index in [9.17, 15) is 14.3 Å². The smallest absolute Gasteiger partial charge is 0.254 e. The Hall–Kier alpha value is -1.88. The Balaban J connectivity index is 1.77. The Kier molecular flexibility index (Phi) is 3.91. The number of hydrogen-bond donors (Lipinski definition) is 1. The molecule has 22 heavy (non-hydrogen) atoms. The molecule has 3 nitrogen and oxygen atoms in total. The predicted molar refractivity (Wildman–Crippen MR) is 85.4 cm³/mol. The third kappa shape index (κ3) is 2.61. The van der Waals surface area contributed by atoms with Crippen molar-refractivity contribution in [2.75, 3.05) is 6.54 Å². The van der Waals surface area contributed by atoms with Gasteiger partial charge < -0.3 is 10.0 Å². The molecule has 0 aromatic heterocycles. The number of rotatable bonds is 3. The fourth-order valence-electron chi connectivity index (χ4n) is 2.69. The molecule has 2 aromatic rings. The molecule has 0 saturated carbocycles. The van der Waals surface area contributed by atoms with E-state index in [-0.39, 0.29) is 17.5 Å². The van der Waals surface area contributed by atoms with Crippen molar-refractivity contribution in [1.82, 2.24) is 4.90 Å². The summed E-state index contributed by atoms with van der Waals surface area (Å²) in [5.74, 6) is -0.186. The van der Waals surface area contributed by atoms with Crippen molar-refractivity contribution >= 4 is 21.8 Å². The number of fused-ring (bicyclic) bond motifs is 1. The molecule has 0 radical (unpaired) electrons. The van der Waals surface area contributed by atoms with Gasteiger partial charge in [-0.3, -0.25) is 4.79 Å². The van der Waals surface area contributed by atoms with Crippen molar-refractivity contribution in [3.63, 3.8) is 0 Å². The second-order valence-electron chi connectivity index (χ2n) is 5.49. The molecular formula is C17H15BrFNO2. The van der Waals surface area contributed by atoms with Crippen LogP contribution < -0.4 is 0 Å². The highest BCUT2D eigenvalue weighted by Crippen LogP contribution is 2.38. The lowest BCUT2D eigenvalue weighted by molar-refractivity contribution is 0.0780. The molecule has 0 spiro atoms. The van der Waals surface area contributed by atoms with Crippen molar-refractivity contribution in [2.24, 2.45) is 0 Å². The molecule has 3 rings (SSSR count).